The fraction of sp³-hybridized carbons (Fsp3) is 0.429. The van der Waals surface area contributed by atoms with Crippen molar-refractivity contribution in [2.75, 3.05) is 31.3 Å². The number of nitrogens with two attached hydrogens (primary N) is 1. The molecule has 0 aliphatic rings. The van der Waals surface area contributed by atoms with E-state index in [-0.39, 0.29) is 18.6 Å². The van der Waals surface area contributed by atoms with E-state index in [1.54, 1.807) is 12.1 Å². The molecule has 0 atom stereocenters. The third-order valence-corrected chi connectivity index (χ3v) is 2.53. The average Bonchev–Trinajstić information content (AvgIpc) is 2.34. The van der Waals surface area contributed by atoms with Crippen molar-refractivity contribution in [2.45, 2.75) is 19.9 Å². The van der Waals surface area contributed by atoms with Crippen LogP contribution in [0.15, 0.2) is 18.2 Å². The van der Waals surface area contributed by atoms with Crippen LogP contribution in [-0.2, 0) is 9.53 Å². The molecular formula is C14H21N3O3. The highest BCUT2D eigenvalue weighted by Crippen LogP contribution is 2.22. The molecule has 0 heterocycles. The molecule has 110 valence electrons. The van der Waals surface area contributed by atoms with Crippen LogP contribution in [0.2, 0.25) is 0 Å². The van der Waals surface area contributed by atoms with Crippen LogP contribution in [0.4, 0.5) is 11.4 Å². The standard InChI is InChI=1S/C14H21N3O3/c1-9(2)16-13(18)8-20-14(19)10-5-6-12(17(3)4)11(15)7-10/h5-7,9H,8,15H2,1-4H3,(H,16,18). The van der Waals surface area contributed by atoms with Crippen molar-refractivity contribution in [3.63, 3.8) is 0 Å². The molecule has 0 bridgehead atoms. The van der Waals surface area contributed by atoms with Gasteiger partial charge in [0, 0.05) is 20.1 Å². The van der Waals surface area contributed by atoms with E-state index in [1.807, 2.05) is 32.8 Å². The number of esters is 1. The second-order valence-corrected chi connectivity index (χ2v) is 4.97. The molecule has 0 fully saturated rings. The van der Waals surface area contributed by atoms with Crippen LogP contribution < -0.4 is 16.0 Å². The molecule has 0 saturated carbocycles. The summed E-state index contributed by atoms with van der Waals surface area (Å²) in [6.45, 7) is 3.37. The Hall–Kier alpha value is -2.24. The maximum Gasteiger partial charge on any atom is 0.338 e. The van der Waals surface area contributed by atoms with Gasteiger partial charge in [0.15, 0.2) is 6.61 Å². The number of anilines is 2. The van der Waals surface area contributed by atoms with Crippen molar-refractivity contribution in [1.29, 1.82) is 0 Å². The number of benzene rings is 1. The molecule has 0 aliphatic carbocycles. The highest BCUT2D eigenvalue weighted by Gasteiger charge is 2.12. The summed E-state index contributed by atoms with van der Waals surface area (Å²) in [6, 6.07) is 4.91. The lowest BCUT2D eigenvalue weighted by Crippen LogP contribution is -2.34. The number of nitrogens with zero attached hydrogens (tertiary/aromatic N) is 1. The molecule has 6 nitrogen and oxygen atoms in total. The van der Waals surface area contributed by atoms with Gasteiger partial charge >= 0.3 is 5.97 Å². The largest absolute Gasteiger partial charge is 0.452 e. The molecule has 0 radical (unpaired) electrons. The summed E-state index contributed by atoms with van der Waals surface area (Å²) in [6.07, 6.45) is 0. The normalized spacial score (nSPS) is 10.2. The molecule has 0 unspecified atom stereocenters. The summed E-state index contributed by atoms with van der Waals surface area (Å²) in [5, 5.41) is 2.64. The number of ether oxygens (including phenoxy) is 1. The SMILES string of the molecule is CC(C)NC(=O)COC(=O)c1ccc(N(C)C)c(N)c1. The molecule has 1 rings (SSSR count). The Kier molecular flexibility index (Phi) is 5.37. The molecular weight excluding hydrogens is 258 g/mol. The first-order chi connectivity index (χ1) is 9.31. The fourth-order valence-electron chi connectivity index (χ4n) is 1.67. The van der Waals surface area contributed by atoms with Crippen molar-refractivity contribution in [1.82, 2.24) is 5.32 Å². The van der Waals surface area contributed by atoms with E-state index in [0.717, 1.165) is 5.69 Å². The van der Waals surface area contributed by atoms with E-state index < -0.39 is 5.97 Å². The number of nitrogens with one attached hydrogen (secondary N) is 1. The number of nitrogen functional groups attached to an aromatic ring is 1. The summed E-state index contributed by atoms with van der Waals surface area (Å²) < 4.78 is 4.93. The summed E-state index contributed by atoms with van der Waals surface area (Å²) in [4.78, 5) is 25.0. The monoisotopic (exact) mass is 279 g/mol. The fourth-order valence-corrected chi connectivity index (χ4v) is 1.67. The molecule has 0 spiro atoms. The van der Waals surface area contributed by atoms with Crippen LogP contribution in [0.25, 0.3) is 0 Å². The van der Waals surface area contributed by atoms with Crippen LogP contribution in [0, 0.1) is 0 Å². The predicted octanol–water partition coefficient (Wildman–Crippen LogP) is 1.02. The second-order valence-electron chi connectivity index (χ2n) is 4.97. The minimum Gasteiger partial charge on any atom is -0.452 e. The summed E-state index contributed by atoms with van der Waals surface area (Å²) >= 11 is 0. The van der Waals surface area contributed by atoms with Crippen molar-refractivity contribution < 1.29 is 14.3 Å². The summed E-state index contributed by atoms with van der Waals surface area (Å²) in [5.74, 6) is -0.896. The minimum atomic E-state index is -0.569. The average molecular weight is 279 g/mol. The maximum absolute atomic E-state index is 11.8. The van der Waals surface area contributed by atoms with Crippen LogP contribution >= 0.6 is 0 Å². The Labute approximate surface area is 118 Å². The van der Waals surface area contributed by atoms with Gasteiger partial charge in [-0.1, -0.05) is 0 Å². The van der Waals surface area contributed by atoms with Gasteiger partial charge in [-0.15, -0.1) is 0 Å². The Bertz CT molecular complexity index is 498. The minimum absolute atomic E-state index is 0.0104. The molecule has 0 saturated heterocycles. The Morgan fingerprint density at radius 2 is 2.00 bits per heavy atom. The van der Waals surface area contributed by atoms with Gasteiger partial charge in [-0.05, 0) is 32.0 Å². The zero-order chi connectivity index (χ0) is 15.3. The highest BCUT2D eigenvalue weighted by molar-refractivity contribution is 5.93. The lowest BCUT2D eigenvalue weighted by Gasteiger charge is -2.15. The van der Waals surface area contributed by atoms with E-state index in [4.69, 9.17) is 10.5 Å². The summed E-state index contributed by atoms with van der Waals surface area (Å²) in [7, 11) is 3.72. The number of amides is 1. The maximum atomic E-state index is 11.8. The smallest absolute Gasteiger partial charge is 0.338 e. The van der Waals surface area contributed by atoms with E-state index in [1.165, 1.54) is 6.07 Å². The van der Waals surface area contributed by atoms with Crippen LogP contribution in [-0.4, -0.2) is 38.6 Å². The zero-order valence-electron chi connectivity index (χ0n) is 12.3. The van der Waals surface area contributed by atoms with Crippen LogP contribution in [0.3, 0.4) is 0 Å². The van der Waals surface area contributed by atoms with Gasteiger partial charge in [-0.2, -0.15) is 0 Å². The molecule has 3 N–H and O–H groups in total. The second kappa shape index (κ2) is 6.79. The van der Waals surface area contributed by atoms with Gasteiger partial charge in [-0.3, -0.25) is 4.79 Å². The lowest BCUT2D eigenvalue weighted by atomic mass is 10.1. The van der Waals surface area contributed by atoms with E-state index in [2.05, 4.69) is 5.32 Å². The van der Waals surface area contributed by atoms with Crippen molar-refractivity contribution in [2.24, 2.45) is 0 Å². The predicted molar refractivity (Wildman–Crippen MR) is 78.7 cm³/mol. The topological polar surface area (TPSA) is 84.7 Å². The van der Waals surface area contributed by atoms with Crippen LogP contribution in [0.1, 0.15) is 24.2 Å². The van der Waals surface area contributed by atoms with Crippen molar-refractivity contribution in [3.8, 4) is 0 Å². The third-order valence-electron chi connectivity index (χ3n) is 2.53. The first-order valence-corrected chi connectivity index (χ1v) is 6.34. The lowest BCUT2D eigenvalue weighted by molar-refractivity contribution is -0.124. The van der Waals surface area contributed by atoms with Gasteiger partial charge in [0.05, 0.1) is 16.9 Å². The highest BCUT2D eigenvalue weighted by atomic mass is 16.5. The Morgan fingerprint density at radius 1 is 1.35 bits per heavy atom. The molecule has 1 amide bonds. The first kappa shape index (κ1) is 15.8. The molecule has 1 aromatic carbocycles. The molecule has 20 heavy (non-hydrogen) atoms. The van der Waals surface area contributed by atoms with Crippen LogP contribution in [0.5, 0.6) is 0 Å². The number of rotatable bonds is 5. The van der Waals surface area contributed by atoms with E-state index in [9.17, 15) is 9.59 Å². The van der Waals surface area contributed by atoms with Gasteiger partial charge in [-0.25, -0.2) is 4.79 Å². The van der Waals surface area contributed by atoms with Crippen molar-refractivity contribution in [3.05, 3.63) is 23.8 Å². The van der Waals surface area contributed by atoms with Gasteiger partial charge in [0.2, 0.25) is 0 Å². The number of hydrogen-bond acceptors (Lipinski definition) is 5. The number of carbonyl (C=O) groups excluding carboxylic acids is 2. The van der Waals surface area contributed by atoms with Gasteiger partial charge < -0.3 is 20.7 Å². The molecule has 6 heteroatoms. The first-order valence-electron chi connectivity index (χ1n) is 6.34. The van der Waals surface area contributed by atoms with Gasteiger partial charge in [0.25, 0.3) is 5.91 Å². The molecule has 0 aliphatic heterocycles. The number of hydrogen-bond donors (Lipinski definition) is 2. The van der Waals surface area contributed by atoms with E-state index in [0.29, 0.717) is 11.3 Å². The number of carbonyl (C=O) groups is 2. The quantitative estimate of drug-likeness (QED) is 0.621. The Morgan fingerprint density at radius 3 is 2.50 bits per heavy atom. The van der Waals surface area contributed by atoms with E-state index >= 15 is 0 Å². The molecule has 0 aromatic heterocycles. The van der Waals surface area contributed by atoms with Gasteiger partial charge in [0.1, 0.15) is 0 Å². The molecule has 1 aromatic rings. The zero-order valence-corrected chi connectivity index (χ0v) is 12.3. The summed E-state index contributed by atoms with van der Waals surface area (Å²) in [5.41, 5.74) is 7.48. The van der Waals surface area contributed by atoms with Crippen molar-refractivity contribution >= 4 is 23.3 Å². The Balaban J connectivity index is 2.65. The third kappa shape index (κ3) is 4.46.